The number of hydrogen-bond donors (Lipinski definition) is 0. The van der Waals surface area contributed by atoms with Crippen LogP contribution in [0.15, 0.2) is 82.1 Å². The Hall–Kier alpha value is -4.10. The number of allylic oxidation sites excluding steroid dienone is 1. The van der Waals surface area contributed by atoms with Gasteiger partial charge in [0.15, 0.2) is 16.3 Å². The lowest BCUT2D eigenvalue weighted by Crippen LogP contribution is -2.38. The highest BCUT2D eigenvalue weighted by Gasteiger charge is 2.33. The van der Waals surface area contributed by atoms with Gasteiger partial charge in [-0.3, -0.25) is 9.36 Å². The molecule has 1 aliphatic carbocycles. The summed E-state index contributed by atoms with van der Waals surface area (Å²) in [6.07, 6.45) is 3.74. The van der Waals surface area contributed by atoms with Crippen molar-refractivity contribution in [3.8, 4) is 11.5 Å². The van der Waals surface area contributed by atoms with Crippen LogP contribution in [-0.2, 0) is 6.42 Å². The Balaban J connectivity index is 1.53. The highest BCUT2D eigenvalue weighted by Crippen LogP contribution is 2.42. The maximum Gasteiger partial charge on any atom is 0.271 e. The fraction of sp³-hybridized carbons (Fsp3) is 0.273. The van der Waals surface area contributed by atoms with Gasteiger partial charge in [0, 0.05) is 24.3 Å². The third-order valence-corrected chi connectivity index (χ3v) is 8.90. The molecule has 2 heterocycles. The fourth-order valence-corrected chi connectivity index (χ4v) is 6.87. The lowest BCUT2D eigenvalue weighted by molar-refractivity contribution is 0.354. The number of nitrogens with zero attached hydrogens (tertiary/aromatic N) is 3. The van der Waals surface area contributed by atoms with E-state index in [4.69, 9.17) is 14.5 Å². The van der Waals surface area contributed by atoms with Crippen LogP contribution in [-0.4, -0.2) is 31.9 Å². The Labute approximate surface area is 238 Å². The van der Waals surface area contributed by atoms with Crippen LogP contribution in [0.25, 0.3) is 11.8 Å². The number of fused-ring (bicyclic) bond motifs is 3. The van der Waals surface area contributed by atoms with Crippen LogP contribution in [0, 0.1) is 0 Å². The summed E-state index contributed by atoms with van der Waals surface area (Å²) in [5, 5.41) is 0. The van der Waals surface area contributed by atoms with E-state index in [1.165, 1.54) is 22.6 Å². The first-order valence-corrected chi connectivity index (χ1v) is 14.6. The van der Waals surface area contributed by atoms with Crippen molar-refractivity contribution in [2.45, 2.75) is 32.7 Å². The van der Waals surface area contributed by atoms with Crippen molar-refractivity contribution in [2.24, 2.45) is 4.99 Å². The van der Waals surface area contributed by atoms with Crippen LogP contribution in [0.3, 0.4) is 0 Å². The summed E-state index contributed by atoms with van der Waals surface area (Å²) in [5.41, 5.74) is 7.73. The molecule has 0 saturated heterocycles. The Morgan fingerprint density at radius 1 is 0.975 bits per heavy atom. The van der Waals surface area contributed by atoms with E-state index in [-0.39, 0.29) is 11.6 Å². The van der Waals surface area contributed by atoms with Crippen molar-refractivity contribution in [3.05, 3.63) is 114 Å². The zero-order valence-corrected chi connectivity index (χ0v) is 24.1. The number of benzene rings is 3. The average Bonchev–Trinajstić information content (AvgIpc) is 3.31. The van der Waals surface area contributed by atoms with Gasteiger partial charge in [0.2, 0.25) is 0 Å². The van der Waals surface area contributed by atoms with Crippen molar-refractivity contribution in [1.29, 1.82) is 0 Å². The molecule has 40 heavy (non-hydrogen) atoms. The molecule has 7 heteroatoms. The first-order valence-electron chi connectivity index (χ1n) is 13.8. The largest absolute Gasteiger partial charge is 0.493 e. The molecule has 1 aromatic heterocycles. The molecule has 1 aliphatic heterocycles. The number of hydrogen-bond acceptors (Lipinski definition) is 6. The molecule has 4 aromatic rings. The summed E-state index contributed by atoms with van der Waals surface area (Å²) in [7, 11) is 3.27. The van der Waals surface area contributed by atoms with E-state index in [9.17, 15) is 4.79 Å². The molecule has 0 saturated carbocycles. The van der Waals surface area contributed by atoms with Gasteiger partial charge < -0.3 is 14.4 Å². The summed E-state index contributed by atoms with van der Waals surface area (Å²) in [4.78, 5) is 22.2. The van der Waals surface area contributed by atoms with Gasteiger partial charge in [-0.05, 0) is 79.3 Å². The standard InChI is InChI=1S/C33H33N3O3S/c1-5-35(6-2)24-15-11-21(12-16-24)19-29-32(37)36-31(23-14-18-27(38-3)28(20-23)39-4)26-17-13-22-9-7-8-10-25(22)30(26)34-33(36)40-29/h7-12,14-16,18-20,31H,5-6,13,17H2,1-4H3/b29-19-/t31-/m0/s1. The summed E-state index contributed by atoms with van der Waals surface area (Å²) < 4.78 is 13.7. The average molecular weight is 552 g/mol. The maximum atomic E-state index is 14.1. The first kappa shape index (κ1) is 26.1. The molecule has 0 fully saturated rings. The second-order valence-electron chi connectivity index (χ2n) is 9.99. The van der Waals surface area contributed by atoms with E-state index in [1.807, 2.05) is 28.8 Å². The van der Waals surface area contributed by atoms with Crippen molar-refractivity contribution in [2.75, 3.05) is 32.2 Å². The van der Waals surface area contributed by atoms with Gasteiger partial charge in [-0.25, -0.2) is 4.99 Å². The zero-order valence-electron chi connectivity index (χ0n) is 23.3. The Morgan fingerprint density at radius 2 is 1.73 bits per heavy atom. The molecule has 204 valence electrons. The fourth-order valence-electron chi connectivity index (χ4n) is 5.87. The van der Waals surface area contributed by atoms with E-state index >= 15 is 0 Å². The lowest BCUT2D eigenvalue weighted by Gasteiger charge is -2.31. The Kier molecular flexibility index (Phi) is 7.07. The summed E-state index contributed by atoms with van der Waals surface area (Å²) in [5.74, 6) is 1.31. The minimum absolute atomic E-state index is 0.0261. The van der Waals surface area contributed by atoms with Gasteiger partial charge in [-0.2, -0.15) is 0 Å². The minimum Gasteiger partial charge on any atom is -0.493 e. The number of aromatic nitrogens is 1. The molecule has 2 aliphatic rings. The zero-order chi connectivity index (χ0) is 27.8. The van der Waals surface area contributed by atoms with Gasteiger partial charge in [-0.15, -0.1) is 0 Å². The van der Waals surface area contributed by atoms with E-state index in [2.05, 4.69) is 67.3 Å². The number of anilines is 1. The van der Waals surface area contributed by atoms with Crippen molar-refractivity contribution < 1.29 is 9.47 Å². The monoisotopic (exact) mass is 551 g/mol. The number of methoxy groups -OCH3 is 2. The summed E-state index contributed by atoms with van der Waals surface area (Å²) in [6.45, 7) is 6.23. The number of thiazole rings is 1. The molecular formula is C33H33N3O3S. The van der Waals surface area contributed by atoms with Gasteiger partial charge in [0.05, 0.1) is 30.5 Å². The molecule has 0 amide bonds. The molecule has 6 rings (SSSR count). The summed E-state index contributed by atoms with van der Waals surface area (Å²) in [6, 6.07) is 22.5. The van der Waals surface area contributed by atoms with Crippen LogP contribution in [0.1, 0.15) is 48.6 Å². The number of rotatable bonds is 7. The molecule has 0 spiro atoms. The van der Waals surface area contributed by atoms with E-state index < -0.39 is 0 Å². The van der Waals surface area contributed by atoms with Crippen molar-refractivity contribution >= 4 is 28.8 Å². The normalized spacial score (nSPS) is 16.1. The maximum absolute atomic E-state index is 14.1. The van der Waals surface area contributed by atoms with E-state index in [0.717, 1.165) is 53.9 Å². The summed E-state index contributed by atoms with van der Waals surface area (Å²) >= 11 is 1.45. The second kappa shape index (κ2) is 10.8. The highest BCUT2D eigenvalue weighted by molar-refractivity contribution is 7.07. The van der Waals surface area contributed by atoms with Crippen LogP contribution in [0.2, 0.25) is 0 Å². The lowest BCUT2D eigenvalue weighted by atomic mass is 9.83. The minimum atomic E-state index is -0.272. The van der Waals surface area contributed by atoms with Crippen LogP contribution < -0.4 is 29.3 Å². The SMILES string of the molecule is CCN(CC)c1ccc(/C=c2\sc3n(c2=O)[C@@H](c2ccc(OC)c(OC)c2)C2=C(N=3)c3ccccc3CC2)cc1. The van der Waals surface area contributed by atoms with E-state index in [1.54, 1.807) is 14.2 Å². The number of aryl methyl sites for hydroxylation is 1. The van der Waals surface area contributed by atoms with Gasteiger partial charge >= 0.3 is 0 Å². The van der Waals surface area contributed by atoms with Crippen LogP contribution >= 0.6 is 11.3 Å². The quantitative estimate of drug-likeness (QED) is 0.318. The predicted octanol–water partition coefficient (Wildman–Crippen LogP) is 5.18. The van der Waals surface area contributed by atoms with Crippen molar-refractivity contribution in [3.63, 3.8) is 0 Å². The molecule has 0 bridgehead atoms. The molecule has 0 unspecified atom stereocenters. The highest BCUT2D eigenvalue weighted by atomic mass is 32.1. The predicted molar refractivity (Wildman–Crippen MR) is 162 cm³/mol. The molecule has 0 N–H and O–H groups in total. The van der Waals surface area contributed by atoms with E-state index in [0.29, 0.717) is 20.8 Å². The Morgan fingerprint density at radius 3 is 2.45 bits per heavy atom. The van der Waals surface area contributed by atoms with Crippen molar-refractivity contribution in [1.82, 2.24) is 4.57 Å². The third-order valence-electron chi connectivity index (χ3n) is 7.92. The second-order valence-corrected chi connectivity index (χ2v) is 11.0. The van der Waals surface area contributed by atoms with Gasteiger partial charge in [0.25, 0.3) is 5.56 Å². The van der Waals surface area contributed by atoms with Gasteiger partial charge in [0.1, 0.15) is 0 Å². The topological polar surface area (TPSA) is 56.1 Å². The molecule has 6 nitrogen and oxygen atoms in total. The molecular weight excluding hydrogens is 518 g/mol. The molecule has 3 aromatic carbocycles. The smallest absolute Gasteiger partial charge is 0.271 e. The van der Waals surface area contributed by atoms with Crippen LogP contribution in [0.5, 0.6) is 11.5 Å². The third kappa shape index (κ3) is 4.44. The van der Waals surface area contributed by atoms with Crippen LogP contribution in [0.4, 0.5) is 5.69 Å². The van der Waals surface area contributed by atoms with Gasteiger partial charge in [-0.1, -0.05) is 53.8 Å². The molecule has 0 radical (unpaired) electrons. The molecule has 1 atom stereocenters. The number of ether oxygens (including phenoxy) is 2. The first-order chi connectivity index (χ1) is 19.6. The Bertz CT molecular complexity index is 1780.